The Morgan fingerprint density at radius 1 is 1.22 bits per heavy atom. The highest BCUT2D eigenvalue weighted by Gasteiger charge is 2.60. The van der Waals surface area contributed by atoms with Gasteiger partial charge < -0.3 is 19.5 Å². The number of thiazole rings is 1. The van der Waals surface area contributed by atoms with Gasteiger partial charge in [-0.3, -0.25) is 18.8 Å². The van der Waals surface area contributed by atoms with Crippen molar-refractivity contribution in [2.24, 2.45) is 17.8 Å². The normalized spacial score (nSPS) is 25.1. The van der Waals surface area contributed by atoms with Crippen molar-refractivity contribution >= 4 is 45.4 Å². The Kier molecular flexibility index (Phi) is 6.46. The zero-order valence-corrected chi connectivity index (χ0v) is 21.2. The average molecular weight is 516 g/mol. The van der Waals surface area contributed by atoms with Crippen LogP contribution >= 0.6 is 11.3 Å². The summed E-state index contributed by atoms with van der Waals surface area (Å²) in [6.45, 7) is 4.37. The van der Waals surface area contributed by atoms with Gasteiger partial charge in [0.15, 0.2) is 5.78 Å². The Hall–Kier alpha value is -3.05. The Morgan fingerprint density at radius 3 is 2.61 bits per heavy atom. The maximum absolute atomic E-state index is 13.3. The summed E-state index contributed by atoms with van der Waals surface area (Å²) in [5, 5.41) is 10.2. The van der Waals surface area contributed by atoms with Gasteiger partial charge in [0.05, 0.1) is 28.9 Å². The maximum atomic E-state index is 13.3. The Balaban J connectivity index is 1.43. The van der Waals surface area contributed by atoms with Crippen LogP contribution in [0, 0.1) is 17.8 Å². The summed E-state index contributed by atoms with van der Waals surface area (Å²) in [7, 11) is 0. The minimum atomic E-state index is -0.873. The molecule has 192 valence electrons. The smallest absolute Gasteiger partial charge is 0.358 e. The molecule has 0 aromatic carbocycles. The summed E-state index contributed by atoms with van der Waals surface area (Å²) in [6, 6.07) is -0.397. The van der Waals surface area contributed by atoms with E-state index in [0.717, 1.165) is 32.1 Å². The van der Waals surface area contributed by atoms with Crippen LogP contribution in [0.5, 0.6) is 0 Å². The average Bonchev–Trinajstić information content (AvgIpc) is 3.48. The number of aliphatic hydroxyl groups excluding tert-OH is 1. The summed E-state index contributed by atoms with van der Waals surface area (Å²) >= 11 is 1.30. The zero-order chi connectivity index (χ0) is 25.7. The lowest BCUT2D eigenvalue weighted by Crippen LogP contribution is -2.63. The second kappa shape index (κ2) is 9.44. The van der Waals surface area contributed by atoms with Gasteiger partial charge in [-0.25, -0.2) is 9.78 Å². The number of carbonyl (C=O) groups excluding carboxylic acids is 4. The van der Waals surface area contributed by atoms with Crippen LogP contribution in [0.15, 0.2) is 18.2 Å². The summed E-state index contributed by atoms with van der Waals surface area (Å²) < 4.78 is 12.3. The molecule has 2 aliphatic heterocycles. The number of ether oxygens (including phenoxy) is 2. The molecule has 1 saturated carbocycles. The van der Waals surface area contributed by atoms with Crippen molar-refractivity contribution in [2.75, 3.05) is 6.79 Å². The van der Waals surface area contributed by atoms with Crippen LogP contribution in [0.4, 0.5) is 0 Å². The Labute approximate surface area is 211 Å². The first kappa shape index (κ1) is 24.6. The van der Waals surface area contributed by atoms with Crippen LogP contribution in [0.3, 0.4) is 0 Å². The standard InChI is InChI=1S/C25H29N3O7S/c1-12-17(16-9-27-10-26-19(14(3)30)23(27)36-16)21(28-20(12)18(13(2)29)22(28)31)25(33)35-11-34-24(32)15-7-5-4-6-8-15/h9-10,12-13,15,18,20,29H,4-8,11H2,1-3H3/t12-,13+,18+,20+/m0/s1. The number of Topliss-reactive ketones (excluding diaryl/α,β-unsaturated/α-hetero) is 1. The monoisotopic (exact) mass is 515 g/mol. The molecule has 3 aliphatic rings. The summed E-state index contributed by atoms with van der Waals surface area (Å²) in [4.78, 5) is 57.4. The topological polar surface area (TPSA) is 128 Å². The first-order valence-corrected chi connectivity index (χ1v) is 13.1. The number of ketones is 1. The first-order chi connectivity index (χ1) is 17.2. The molecule has 1 N–H and O–H groups in total. The molecule has 2 aromatic rings. The number of imidazole rings is 1. The van der Waals surface area contributed by atoms with Crippen LogP contribution < -0.4 is 0 Å². The van der Waals surface area contributed by atoms with Crippen LogP contribution in [0.1, 0.15) is 68.2 Å². The fraction of sp³-hybridized carbons (Fsp3) is 0.560. The van der Waals surface area contributed by atoms with Gasteiger partial charge in [-0.1, -0.05) is 26.2 Å². The molecule has 10 nitrogen and oxygen atoms in total. The number of nitrogens with zero attached hydrogens (tertiary/aromatic N) is 3. The Bertz CT molecular complexity index is 1270. The van der Waals surface area contributed by atoms with E-state index < -0.39 is 30.8 Å². The van der Waals surface area contributed by atoms with Crippen LogP contribution in [0.2, 0.25) is 0 Å². The number of esters is 2. The molecule has 2 aromatic heterocycles. The highest BCUT2D eigenvalue weighted by Crippen LogP contribution is 2.51. The summed E-state index contributed by atoms with van der Waals surface area (Å²) in [5.74, 6) is -2.75. The molecule has 11 heteroatoms. The van der Waals surface area contributed by atoms with Crippen LogP contribution in [-0.2, 0) is 23.9 Å². The number of aliphatic hydroxyl groups is 1. The molecule has 1 saturated heterocycles. The van der Waals surface area contributed by atoms with Gasteiger partial charge >= 0.3 is 11.9 Å². The quantitative estimate of drug-likeness (QED) is 0.258. The second-order valence-corrected chi connectivity index (χ2v) is 10.9. The van der Waals surface area contributed by atoms with E-state index in [9.17, 15) is 24.3 Å². The van der Waals surface area contributed by atoms with Gasteiger partial charge in [0.2, 0.25) is 12.7 Å². The predicted octanol–water partition coefficient (Wildman–Crippen LogP) is 2.79. The van der Waals surface area contributed by atoms with Gasteiger partial charge in [0, 0.05) is 24.6 Å². The highest BCUT2D eigenvalue weighted by molar-refractivity contribution is 7.18. The van der Waals surface area contributed by atoms with Crippen LogP contribution in [-0.4, -0.2) is 62.0 Å². The SMILES string of the molecule is CC(=O)c1ncn2cc(C3=C(C(=O)OCOC(=O)C4CCCCC4)N4C(=O)[C@H]([C@@H](C)O)[C@H]4[C@H]3C)sc12. The van der Waals surface area contributed by atoms with Gasteiger partial charge in [0.1, 0.15) is 22.5 Å². The number of β-lactam (4-membered cyclic amide) rings is 1. The summed E-state index contributed by atoms with van der Waals surface area (Å²) in [6.07, 6.45) is 7.04. The number of hydrogen-bond donors (Lipinski definition) is 1. The van der Waals surface area contributed by atoms with E-state index in [2.05, 4.69) is 4.98 Å². The molecule has 4 atom stereocenters. The minimum absolute atomic E-state index is 0.0879. The van der Waals surface area contributed by atoms with Gasteiger partial charge in [-0.2, -0.15) is 0 Å². The molecular formula is C25H29N3O7S. The predicted molar refractivity (Wildman–Crippen MR) is 129 cm³/mol. The molecule has 0 radical (unpaired) electrons. The molecule has 0 bridgehead atoms. The molecule has 2 fully saturated rings. The van der Waals surface area contributed by atoms with Gasteiger partial charge in [0.25, 0.3) is 0 Å². The largest absolute Gasteiger partial charge is 0.428 e. The lowest BCUT2D eigenvalue weighted by Gasteiger charge is -2.46. The molecule has 0 spiro atoms. The van der Waals surface area contributed by atoms with E-state index >= 15 is 0 Å². The van der Waals surface area contributed by atoms with Crippen molar-refractivity contribution in [1.29, 1.82) is 0 Å². The van der Waals surface area contributed by atoms with E-state index in [0.29, 0.717) is 21.0 Å². The van der Waals surface area contributed by atoms with Crippen molar-refractivity contribution in [2.45, 2.75) is 65.0 Å². The van der Waals surface area contributed by atoms with Crippen LogP contribution in [0.25, 0.3) is 10.4 Å². The van der Waals surface area contributed by atoms with E-state index in [1.165, 1.54) is 29.5 Å². The summed E-state index contributed by atoms with van der Waals surface area (Å²) in [5.41, 5.74) is 1.02. The van der Waals surface area contributed by atoms with Gasteiger partial charge in [-0.15, -0.1) is 11.3 Å². The molecule has 5 rings (SSSR count). The number of hydrogen-bond acceptors (Lipinski definition) is 9. The van der Waals surface area contributed by atoms with Crippen molar-refractivity contribution in [3.63, 3.8) is 0 Å². The number of fused-ring (bicyclic) bond motifs is 2. The third-order valence-electron chi connectivity index (χ3n) is 7.51. The van der Waals surface area contributed by atoms with Crippen molar-refractivity contribution in [3.8, 4) is 0 Å². The lowest BCUT2D eigenvalue weighted by atomic mass is 9.77. The minimum Gasteiger partial charge on any atom is -0.428 e. The molecule has 1 aliphatic carbocycles. The Morgan fingerprint density at radius 2 is 1.94 bits per heavy atom. The number of aromatic nitrogens is 2. The van der Waals surface area contributed by atoms with Gasteiger partial charge in [-0.05, 0) is 19.8 Å². The highest BCUT2D eigenvalue weighted by atomic mass is 32.1. The second-order valence-electron chi connectivity index (χ2n) is 9.82. The molecule has 36 heavy (non-hydrogen) atoms. The fourth-order valence-corrected chi connectivity index (χ4v) is 6.98. The molecule has 4 heterocycles. The van der Waals surface area contributed by atoms with E-state index in [-0.39, 0.29) is 35.2 Å². The number of carbonyl (C=O) groups is 4. The molecule has 1 amide bonds. The van der Waals surface area contributed by atoms with E-state index in [1.807, 2.05) is 6.92 Å². The van der Waals surface area contributed by atoms with E-state index in [4.69, 9.17) is 9.47 Å². The van der Waals surface area contributed by atoms with E-state index in [1.54, 1.807) is 17.5 Å². The first-order valence-electron chi connectivity index (χ1n) is 12.3. The fourth-order valence-electron chi connectivity index (χ4n) is 5.71. The zero-order valence-electron chi connectivity index (χ0n) is 20.4. The molecule has 0 unspecified atom stereocenters. The number of amides is 1. The van der Waals surface area contributed by atoms with Crippen molar-refractivity contribution in [1.82, 2.24) is 14.3 Å². The third kappa shape index (κ3) is 3.94. The molecular weight excluding hydrogens is 486 g/mol. The third-order valence-corrected chi connectivity index (χ3v) is 8.65. The number of rotatable bonds is 7. The maximum Gasteiger partial charge on any atom is 0.358 e. The van der Waals surface area contributed by atoms with Crippen molar-refractivity contribution < 1.29 is 33.8 Å². The van der Waals surface area contributed by atoms with Crippen molar-refractivity contribution in [3.05, 3.63) is 28.8 Å². The lowest BCUT2D eigenvalue weighted by molar-refractivity contribution is -0.174.